The molecule has 0 bridgehead atoms. The fourth-order valence-electron chi connectivity index (χ4n) is 4.50. The van der Waals surface area contributed by atoms with E-state index < -0.39 is 6.85 Å². The van der Waals surface area contributed by atoms with Crippen LogP contribution < -0.4 is 0 Å². The summed E-state index contributed by atoms with van der Waals surface area (Å²) in [6.45, 7) is 4.02. The van der Waals surface area contributed by atoms with Crippen molar-refractivity contribution in [2.75, 3.05) is 0 Å². The van der Waals surface area contributed by atoms with Crippen LogP contribution in [0.5, 0.6) is 0 Å². The monoisotopic (exact) mass is 419 g/mol. The van der Waals surface area contributed by atoms with E-state index in [2.05, 4.69) is 55.0 Å². The number of aryl methyl sites for hydroxylation is 1. The second-order valence-electron chi connectivity index (χ2n) is 9.36. The summed E-state index contributed by atoms with van der Waals surface area (Å²) in [6.07, 6.45) is 1.56. The van der Waals surface area contributed by atoms with Gasteiger partial charge in [0.1, 0.15) is 17.5 Å². The summed E-state index contributed by atoms with van der Waals surface area (Å²) in [5.41, 5.74) is 3.69. The summed E-state index contributed by atoms with van der Waals surface area (Å²) in [5.74, 6) is 0. The van der Waals surface area contributed by atoms with E-state index in [1.165, 1.54) is 0 Å². The second kappa shape index (κ2) is 6.64. The molecular formula is C29H24N2O. The van der Waals surface area contributed by atoms with Crippen molar-refractivity contribution in [1.29, 1.82) is 0 Å². The molecule has 156 valence electrons. The average molecular weight is 420 g/mol. The Morgan fingerprint density at radius 2 is 1.66 bits per heavy atom. The predicted molar refractivity (Wildman–Crippen MR) is 133 cm³/mol. The Hall–Kier alpha value is -3.72. The van der Waals surface area contributed by atoms with Crippen LogP contribution in [0.15, 0.2) is 77.5 Å². The molecule has 6 aromatic rings. The predicted octanol–water partition coefficient (Wildman–Crippen LogP) is 7.96. The molecular weight excluding hydrogens is 392 g/mol. The molecule has 0 unspecified atom stereocenters. The number of rotatable bonds is 1. The Morgan fingerprint density at radius 1 is 0.812 bits per heavy atom. The summed E-state index contributed by atoms with van der Waals surface area (Å²) >= 11 is 0. The van der Waals surface area contributed by atoms with Crippen molar-refractivity contribution in [2.24, 2.45) is 0 Å². The van der Waals surface area contributed by atoms with Crippen LogP contribution in [0.1, 0.15) is 36.1 Å². The zero-order valence-electron chi connectivity index (χ0n) is 21.2. The molecule has 2 heterocycles. The lowest BCUT2D eigenvalue weighted by Crippen LogP contribution is -2.13. The lowest BCUT2D eigenvalue weighted by atomic mass is 9.91. The summed E-state index contributed by atoms with van der Waals surface area (Å²) < 4.78 is 31.0. The molecule has 2 aromatic heterocycles. The van der Waals surface area contributed by atoms with Gasteiger partial charge in [0.05, 0.1) is 5.69 Å². The standard InChI is InChI=1S/C29H24N2O/c1-17-9-12-21(24-15-26(29(2,3)4)31-16-30-24)28-27(17)23-13-19-11-10-18-7-5-6-8-20(18)22(19)14-25(23)32-28/h5-16H,1-4H3/i1D3. The van der Waals surface area contributed by atoms with Gasteiger partial charge in [0.2, 0.25) is 0 Å². The summed E-state index contributed by atoms with van der Waals surface area (Å²) in [5, 5.41) is 5.80. The first-order valence-electron chi connectivity index (χ1n) is 12.3. The zero-order valence-corrected chi connectivity index (χ0v) is 18.2. The molecule has 0 amide bonds. The van der Waals surface area contributed by atoms with Crippen LogP contribution >= 0.6 is 0 Å². The van der Waals surface area contributed by atoms with Gasteiger partial charge in [0.25, 0.3) is 0 Å². The molecule has 6 rings (SSSR count). The first kappa shape index (κ1) is 16.0. The highest BCUT2D eigenvalue weighted by Gasteiger charge is 2.20. The Morgan fingerprint density at radius 3 is 2.50 bits per heavy atom. The molecule has 3 nitrogen and oxygen atoms in total. The normalized spacial score (nSPS) is 14.2. The molecule has 0 saturated carbocycles. The third kappa shape index (κ3) is 2.81. The van der Waals surface area contributed by atoms with Crippen molar-refractivity contribution in [3.63, 3.8) is 0 Å². The molecule has 0 fully saturated rings. The van der Waals surface area contributed by atoms with Gasteiger partial charge in [0, 0.05) is 31.6 Å². The van der Waals surface area contributed by atoms with E-state index in [9.17, 15) is 0 Å². The molecule has 0 aliphatic rings. The van der Waals surface area contributed by atoms with Gasteiger partial charge in [-0.25, -0.2) is 9.97 Å². The number of hydrogen-bond acceptors (Lipinski definition) is 3. The van der Waals surface area contributed by atoms with Crippen LogP contribution in [0, 0.1) is 6.85 Å². The van der Waals surface area contributed by atoms with Crippen LogP contribution in [-0.4, -0.2) is 9.97 Å². The van der Waals surface area contributed by atoms with Crippen LogP contribution in [-0.2, 0) is 5.41 Å². The van der Waals surface area contributed by atoms with Crippen LogP contribution in [0.4, 0.5) is 0 Å². The Kier molecular flexibility index (Phi) is 3.32. The number of furan rings is 1. The lowest BCUT2D eigenvalue weighted by molar-refractivity contribution is 0.567. The van der Waals surface area contributed by atoms with Crippen molar-refractivity contribution in [3.8, 4) is 11.3 Å². The maximum atomic E-state index is 8.20. The quantitative estimate of drug-likeness (QED) is 0.254. The largest absolute Gasteiger partial charge is 0.455 e. The first-order chi connectivity index (χ1) is 16.6. The van der Waals surface area contributed by atoms with Crippen molar-refractivity contribution in [3.05, 3.63) is 84.3 Å². The van der Waals surface area contributed by atoms with Gasteiger partial charge in [-0.15, -0.1) is 0 Å². The number of aromatic nitrogens is 2. The molecule has 0 saturated heterocycles. The molecule has 0 atom stereocenters. The van der Waals surface area contributed by atoms with Crippen molar-refractivity contribution in [2.45, 2.75) is 33.0 Å². The molecule has 3 heteroatoms. The molecule has 0 aliphatic heterocycles. The van der Waals surface area contributed by atoms with Gasteiger partial charge in [-0.05, 0) is 58.2 Å². The number of nitrogens with zero attached hydrogens (tertiary/aromatic N) is 2. The van der Waals surface area contributed by atoms with Gasteiger partial charge in [-0.2, -0.15) is 0 Å². The summed E-state index contributed by atoms with van der Waals surface area (Å²) in [6, 6.07) is 21.9. The fourth-order valence-corrected chi connectivity index (χ4v) is 4.50. The van der Waals surface area contributed by atoms with Crippen LogP contribution in [0.25, 0.3) is 54.7 Å². The van der Waals surface area contributed by atoms with Crippen molar-refractivity contribution >= 4 is 43.5 Å². The van der Waals surface area contributed by atoms with Gasteiger partial charge in [-0.3, -0.25) is 0 Å². The van der Waals surface area contributed by atoms with Crippen molar-refractivity contribution < 1.29 is 8.53 Å². The minimum absolute atomic E-state index is 0.151. The smallest absolute Gasteiger partial charge is 0.145 e. The maximum Gasteiger partial charge on any atom is 0.145 e. The van der Waals surface area contributed by atoms with E-state index in [0.29, 0.717) is 22.2 Å². The minimum atomic E-state index is -2.28. The average Bonchev–Trinajstić information content (AvgIpc) is 3.19. The highest BCUT2D eigenvalue weighted by atomic mass is 16.3. The highest BCUT2D eigenvalue weighted by Crippen LogP contribution is 2.40. The third-order valence-corrected chi connectivity index (χ3v) is 6.20. The summed E-state index contributed by atoms with van der Waals surface area (Å²) in [4.78, 5) is 8.97. The molecule has 0 radical (unpaired) electrons. The molecule has 0 aliphatic carbocycles. The van der Waals surface area contributed by atoms with Crippen molar-refractivity contribution in [1.82, 2.24) is 9.97 Å². The minimum Gasteiger partial charge on any atom is -0.455 e. The number of fused-ring (bicyclic) bond motifs is 6. The number of benzene rings is 4. The Labute approximate surface area is 190 Å². The molecule has 0 N–H and O–H groups in total. The van der Waals surface area contributed by atoms with Gasteiger partial charge >= 0.3 is 0 Å². The van der Waals surface area contributed by atoms with Gasteiger partial charge in [-0.1, -0.05) is 63.2 Å². The number of hydrogen-bond donors (Lipinski definition) is 0. The van der Waals surface area contributed by atoms with E-state index >= 15 is 0 Å². The molecule has 32 heavy (non-hydrogen) atoms. The van der Waals surface area contributed by atoms with E-state index in [-0.39, 0.29) is 11.0 Å². The van der Waals surface area contributed by atoms with E-state index in [1.54, 1.807) is 18.5 Å². The molecule has 0 spiro atoms. The van der Waals surface area contributed by atoms with Gasteiger partial charge < -0.3 is 4.42 Å². The Bertz CT molecular complexity index is 1780. The van der Waals surface area contributed by atoms with E-state index in [1.807, 2.05) is 30.3 Å². The lowest BCUT2D eigenvalue weighted by Gasteiger charge is -2.17. The van der Waals surface area contributed by atoms with Crippen LogP contribution in [0.3, 0.4) is 0 Å². The zero-order chi connectivity index (χ0) is 24.5. The SMILES string of the molecule is [2H]C([2H])([2H])c1ccc(-c2cc(C(C)(C)C)ncn2)c2oc3cc4c(ccc5ccccc54)cc3c12. The van der Waals surface area contributed by atoms with Gasteiger partial charge in [0.15, 0.2) is 0 Å². The molecule has 4 aromatic carbocycles. The third-order valence-electron chi connectivity index (χ3n) is 6.20. The highest BCUT2D eigenvalue weighted by molar-refractivity contribution is 6.18. The first-order valence-corrected chi connectivity index (χ1v) is 10.8. The maximum absolute atomic E-state index is 8.20. The fraction of sp³-hybridized carbons (Fsp3) is 0.172. The summed E-state index contributed by atoms with van der Waals surface area (Å²) in [7, 11) is 0. The van der Waals surface area contributed by atoms with Crippen LogP contribution in [0.2, 0.25) is 0 Å². The topological polar surface area (TPSA) is 38.9 Å². The second-order valence-corrected chi connectivity index (χ2v) is 9.36. The van der Waals surface area contributed by atoms with E-state index in [0.717, 1.165) is 38.2 Å². The Balaban J connectivity index is 1.72. The van der Waals surface area contributed by atoms with E-state index in [4.69, 9.17) is 8.53 Å².